The van der Waals surface area contributed by atoms with E-state index in [1.165, 1.54) is 12.8 Å². The maximum Gasteiger partial charge on any atom is 0.239 e. The van der Waals surface area contributed by atoms with Crippen LogP contribution in [0.25, 0.3) is 0 Å². The molecule has 1 amide bonds. The van der Waals surface area contributed by atoms with Crippen molar-refractivity contribution in [3.63, 3.8) is 0 Å². The van der Waals surface area contributed by atoms with E-state index in [1.807, 2.05) is 29.6 Å². The van der Waals surface area contributed by atoms with Gasteiger partial charge in [0.05, 0.1) is 12.6 Å². The fourth-order valence-electron chi connectivity index (χ4n) is 2.46. The second-order valence-electron chi connectivity index (χ2n) is 5.30. The smallest absolute Gasteiger partial charge is 0.239 e. The summed E-state index contributed by atoms with van der Waals surface area (Å²) in [7, 11) is 1.96. The highest BCUT2D eigenvalue weighted by Crippen LogP contribution is 2.10. The summed E-state index contributed by atoms with van der Waals surface area (Å²) < 4.78 is 1.97. The zero-order valence-electron chi connectivity index (χ0n) is 11.9. The molecular weight excluding hydrogens is 240 g/mol. The van der Waals surface area contributed by atoms with E-state index >= 15 is 0 Å². The number of carbonyl (C=O) groups is 1. The van der Waals surface area contributed by atoms with Gasteiger partial charge in [-0.25, -0.2) is 4.98 Å². The van der Waals surface area contributed by atoms with E-state index in [0.717, 1.165) is 31.8 Å². The Morgan fingerprint density at radius 3 is 2.63 bits per heavy atom. The highest BCUT2D eigenvalue weighted by molar-refractivity contribution is 5.81. The van der Waals surface area contributed by atoms with E-state index < -0.39 is 0 Å². The molecule has 5 nitrogen and oxygen atoms in total. The van der Waals surface area contributed by atoms with Gasteiger partial charge in [0.2, 0.25) is 5.91 Å². The molecule has 1 atom stereocenters. The Morgan fingerprint density at radius 1 is 1.37 bits per heavy atom. The number of carbonyl (C=O) groups excluding carboxylic acids is 1. The summed E-state index contributed by atoms with van der Waals surface area (Å²) in [4.78, 5) is 18.6. The lowest BCUT2D eigenvalue weighted by molar-refractivity contribution is -0.133. The van der Waals surface area contributed by atoms with Crippen LogP contribution in [0.1, 0.15) is 38.4 Å². The number of likely N-dealkylation sites (tertiary alicyclic amines) is 1. The van der Waals surface area contributed by atoms with E-state index in [-0.39, 0.29) is 11.9 Å². The summed E-state index contributed by atoms with van der Waals surface area (Å²) in [5, 5.41) is 3.27. The third-order valence-electron chi connectivity index (χ3n) is 3.78. The van der Waals surface area contributed by atoms with Crippen LogP contribution >= 0.6 is 0 Å². The number of nitrogens with one attached hydrogen (secondary N) is 1. The largest absolute Gasteiger partial charge is 0.341 e. The molecule has 5 heteroatoms. The van der Waals surface area contributed by atoms with E-state index in [1.54, 1.807) is 6.20 Å². The highest BCUT2D eigenvalue weighted by Gasteiger charge is 2.21. The van der Waals surface area contributed by atoms with Crippen molar-refractivity contribution in [3.05, 3.63) is 18.2 Å². The van der Waals surface area contributed by atoms with Crippen molar-refractivity contribution in [1.82, 2.24) is 19.8 Å². The molecule has 1 N–H and O–H groups in total. The molecule has 0 saturated carbocycles. The molecule has 1 aliphatic rings. The van der Waals surface area contributed by atoms with Crippen LogP contribution in [-0.4, -0.2) is 39.5 Å². The van der Waals surface area contributed by atoms with Crippen molar-refractivity contribution in [2.45, 2.75) is 45.2 Å². The molecule has 1 aromatic heterocycles. The fourth-order valence-corrected chi connectivity index (χ4v) is 2.46. The van der Waals surface area contributed by atoms with E-state index in [9.17, 15) is 4.79 Å². The van der Waals surface area contributed by atoms with Gasteiger partial charge in [-0.05, 0) is 19.8 Å². The third kappa shape index (κ3) is 3.80. The van der Waals surface area contributed by atoms with Crippen molar-refractivity contribution >= 4 is 5.91 Å². The lowest BCUT2D eigenvalue weighted by Gasteiger charge is -2.24. The Kier molecular flexibility index (Phi) is 4.96. The van der Waals surface area contributed by atoms with Gasteiger partial charge in [0, 0.05) is 32.5 Å². The van der Waals surface area contributed by atoms with Gasteiger partial charge >= 0.3 is 0 Å². The van der Waals surface area contributed by atoms with Gasteiger partial charge in [-0.3, -0.25) is 10.1 Å². The molecule has 0 aromatic carbocycles. The fraction of sp³-hybridized carbons (Fsp3) is 0.714. The maximum absolute atomic E-state index is 12.3. The molecule has 2 heterocycles. The minimum Gasteiger partial charge on any atom is -0.341 e. The average Bonchev–Trinajstić information content (AvgIpc) is 2.68. The molecule has 1 aliphatic heterocycles. The summed E-state index contributed by atoms with van der Waals surface area (Å²) >= 11 is 0. The molecule has 1 fully saturated rings. The van der Waals surface area contributed by atoms with E-state index in [0.29, 0.717) is 6.54 Å². The van der Waals surface area contributed by atoms with Gasteiger partial charge < -0.3 is 9.47 Å². The van der Waals surface area contributed by atoms with E-state index in [2.05, 4.69) is 10.3 Å². The van der Waals surface area contributed by atoms with Crippen LogP contribution in [0.3, 0.4) is 0 Å². The first kappa shape index (κ1) is 14.1. The lowest BCUT2D eigenvalue weighted by Crippen LogP contribution is -2.45. The number of imidazole rings is 1. The summed E-state index contributed by atoms with van der Waals surface area (Å²) in [6.07, 6.45) is 8.46. The van der Waals surface area contributed by atoms with Gasteiger partial charge in [-0.15, -0.1) is 0 Å². The number of aryl methyl sites for hydroxylation is 1. The topological polar surface area (TPSA) is 50.2 Å². The van der Waals surface area contributed by atoms with E-state index in [4.69, 9.17) is 0 Å². The highest BCUT2D eigenvalue weighted by atomic mass is 16.2. The number of nitrogens with zero attached hydrogens (tertiary/aromatic N) is 3. The van der Waals surface area contributed by atoms with Gasteiger partial charge in [-0.2, -0.15) is 0 Å². The molecule has 19 heavy (non-hydrogen) atoms. The van der Waals surface area contributed by atoms with Gasteiger partial charge in [0.25, 0.3) is 0 Å². The zero-order valence-corrected chi connectivity index (χ0v) is 11.9. The Balaban J connectivity index is 1.83. The second-order valence-corrected chi connectivity index (χ2v) is 5.30. The predicted molar refractivity (Wildman–Crippen MR) is 74.6 cm³/mol. The molecule has 1 aromatic rings. The van der Waals surface area contributed by atoms with Gasteiger partial charge in [0.15, 0.2) is 0 Å². The molecule has 1 unspecified atom stereocenters. The van der Waals surface area contributed by atoms with Crippen LogP contribution in [0.15, 0.2) is 12.4 Å². The standard InChI is InChI=1S/C14H24N4O/c1-12(16-11-13-15-7-10-17(13)2)14(19)18-8-5-3-4-6-9-18/h7,10,12,16H,3-6,8-9,11H2,1-2H3. The summed E-state index contributed by atoms with van der Waals surface area (Å²) in [5.74, 6) is 1.17. The maximum atomic E-state index is 12.3. The molecule has 106 valence electrons. The molecule has 0 radical (unpaired) electrons. The monoisotopic (exact) mass is 264 g/mol. The third-order valence-corrected chi connectivity index (χ3v) is 3.78. The minimum atomic E-state index is -0.144. The number of hydrogen-bond acceptors (Lipinski definition) is 3. The Labute approximate surface area is 115 Å². The average molecular weight is 264 g/mol. The summed E-state index contributed by atoms with van der Waals surface area (Å²) in [5.41, 5.74) is 0. The number of amides is 1. The van der Waals surface area contributed by atoms with Crippen LogP contribution in [-0.2, 0) is 18.4 Å². The van der Waals surface area contributed by atoms with Gasteiger partial charge in [-0.1, -0.05) is 12.8 Å². The normalized spacial score (nSPS) is 18.1. The van der Waals surface area contributed by atoms with Crippen molar-refractivity contribution in [2.75, 3.05) is 13.1 Å². The minimum absolute atomic E-state index is 0.144. The SMILES string of the molecule is CC(NCc1nccn1C)C(=O)N1CCCCCC1. The second kappa shape index (κ2) is 6.70. The van der Waals surface area contributed by atoms with Crippen LogP contribution in [0, 0.1) is 0 Å². The molecular formula is C14H24N4O. The van der Waals surface area contributed by atoms with Crippen LogP contribution in [0.2, 0.25) is 0 Å². The van der Waals surface area contributed by atoms with Crippen molar-refractivity contribution in [3.8, 4) is 0 Å². The first-order valence-corrected chi connectivity index (χ1v) is 7.17. The Morgan fingerprint density at radius 2 is 2.05 bits per heavy atom. The van der Waals surface area contributed by atoms with Crippen molar-refractivity contribution < 1.29 is 4.79 Å². The van der Waals surface area contributed by atoms with Crippen LogP contribution in [0.5, 0.6) is 0 Å². The lowest BCUT2D eigenvalue weighted by atomic mass is 10.2. The van der Waals surface area contributed by atoms with Crippen molar-refractivity contribution in [1.29, 1.82) is 0 Å². The van der Waals surface area contributed by atoms with Crippen LogP contribution < -0.4 is 5.32 Å². The Hall–Kier alpha value is -1.36. The molecule has 0 spiro atoms. The summed E-state index contributed by atoms with van der Waals surface area (Å²) in [6.45, 7) is 4.39. The number of rotatable bonds is 4. The molecule has 0 aliphatic carbocycles. The first-order chi connectivity index (χ1) is 9.18. The quantitative estimate of drug-likeness (QED) is 0.892. The predicted octanol–water partition coefficient (Wildman–Crippen LogP) is 1.30. The zero-order chi connectivity index (χ0) is 13.7. The molecule has 2 rings (SSSR count). The number of aromatic nitrogens is 2. The molecule has 1 saturated heterocycles. The number of hydrogen-bond donors (Lipinski definition) is 1. The van der Waals surface area contributed by atoms with Crippen LogP contribution in [0.4, 0.5) is 0 Å². The molecule has 0 bridgehead atoms. The summed E-state index contributed by atoms with van der Waals surface area (Å²) in [6, 6.07) is -0.144. The Bertz CT molecular complexity index is 407. The van der Waals surface area contributed by atoms with Crippen molar-refractivity contribution in [2.24, 2.45) is 7.05 Å². The van der Waals surface area contributed by atoms with Gasteiger partial charge in [0.1, 0.15) is 5.82 Å². The first-order valence-electron chi connectivity index (χ1n) is 7.17.